The summed E-state index contributed by atoms with van der Waals surface area (Å²) in [5.41, 5.74) is 6.82. The first-order chi connectivity index (χ1) is 17.3. The Bertz CT molecular complexity index is 1220. The summed E-state index contributed by atoms with van der Waals surface area (Å²) >= 11 is 0. The quantitative estimate of drug-likeness (QED) is 0.375. The minimum atomic E-state index is -0.557. The molecule has 0 saturated carbocycles. The van der Waals surface area contributed by atoms with E-state index in [4.69, 9.17) is 0 Å². The van der Waals surface area contributed by atoms with E-state index in [9.17, 15) is 9.59 Å². The van der Waals surface area contributed by atoms with E-state index < -0.39 is 12.1 Å². The van der Waals surface area contributed by atoms with Gasteiger partial charge in [0, 0.05) is 35.9 Å². The second kappa shape index (κ2) is 11.0. The van der Waals surface area contributed by atoms with Crippen molar-refractivity contribution in [3.05, 3.63) is 130 Å². The monoisotopic (exact) mass is 478 g/mol. The molecule has 0 radical (unpaired) electrons. The van der Waals surface area contributed by atoms with Crippen molar-refractivity contribution in [3.8, 4) is 0 Å². The summed E-state index contributed by atoms with van der Waals surface area (Å²) in [6, 6.07) is 17.8. The van der Waals surface area contributed by atoms with Gasteiger partial charge in [0.25, 0.3) is 11.8 Å². The van der Waals surface area contributed by atoms with Crippen molar-refractivity contribution in [2.75, 3.05) is 0 Å². The van der Waals surface area contributed by atoms with Crippen molar-refractivity contribution >= 4 is 11.8 Å². The maximum Gasteiger partial charge on any atom is 0.251 e. The standard InChI is InChI=1S/C30H30N4O2/c1-19-13-20(2)16-25(15-19)29(35)33-27(23-5-9-31-10-6-23)28(24-7-11-32-12-8-24)34-30(36)26-17-21(3)14-22(4)18-26/h5-18,27-28H,1-4H3,(H,33,35)(H,34,36). The van der Waals surface area contributed by atoms with Crippen LogP contribution in [0.25, 0.3) is 0 Å². The van der Waals surface area contributed by atoms with E-state index in [2.05, 4.69) is 20.6 Å². The number of nitrogens with zero attached hydrogens (tertiary/aromatic N) is 2. The molecule has 6 heteroatoms. The van der Waals surface area contributed by atoms with Gasteiger partial charge in [-0.1, -0.05) is 34.4 Å². The number of nitrogens with one attached hydrogen (secondary N) is 2. The molecule has 0 aliphatic carbocycles. The zero-order valence-electron chi connectivity index (χ0n) is 20.9. The molecule has 36 heavy (non-hydrogen) atoms. The van der Waals surface area contributed by atoms with E-state index in [0.29, 0.717) is 11.1 Å². The Labute approximate surface area is 211 Å². The zero-order valence-corrected chi connectivity index (χ0v) is 20.9. The largest absolute Gasteiger partial charge is 0.343 e. The van der Waals surface area contributed by atoms with Gasteiger partial charge in [-0.2, -0.15) is 0 Å². The SMILES string of the molecule is Cc1cc(C)cc(C(=O)NC(c2ccncc2)C(NC(=O)c2cc(C)cc(C)c2)c2ccncc2)c1. The Morgan fingerprint density at radius 3 is 1.17 bits per heavy atom. The van der Waals surface area contributed by atoms with Crippen LogP contribution in [0.5, 0.6) is 0 Å². The van der Waals surface area contributed by atoms with Crippen molar-refractivity contribution in [2.45, 2.75) is 39.8 Å². The van der Waals surface area contributed by atoms with Crippen LogP contribution in [0.3, 0.4) is 0 Å². The Kier molecular flexibility index (Phi) is 7.54. The van der Waals surface area contributed by atoms with Gasteiger partial charge in [-0.25, -0.2) is 0 Å². The van der Waals surface area contributed by atoms with Gasteiger partial charge < -0.3 is 10.6 Å². The van der Waals surface area contributed by atoms with Gasteiger partial charge in [0.05, 0.1) is 12.1 Å². The second-order valence-electron chi connectivity index (χ2n) is 9.22. The van der Waals surface area contributed by atoms with E-state index >= 15 is 0 Å². The number of aromatic nitrogens is 2. The smallest absolute Gasteiger partial charge is 0.251 e. The number of rotatable bonds is 7. The predicted molar refractivity (Wildman–Crippen MR) is 141 cm³/mol. The van der Waals surface area contributed by atoms with Crippen LogP contribution < -0.4 is 10.6 Å². The van der Waals surface area contributed by atoms with Gasteiger partial charge in [-0.15, -0.1) is 0 Å². The maximum atomic E-state index is 13.5. The lowest BCUT2D eigenvalue weighted by atomic mass is 9.93. The lowest BCUT2D eigenvalue weighted by Crippen LogP contribution is -2.41. The first-order valence-corrected chi connectivity index (χ1v) is 11.9. The fourth-order valence-corrected chi connectivity index (χ4v) is 4.52. The summed E-state index contributed by atoms with van der Waals surface area (Å²) in [6.45, 7) is 7.86. The Morgan fingerprint density at radius 1 is 0.556 bits per heavy atom. The molecule has 182 valence electrons. The molecule has 2 amide bonds. The number of carbonyl (C=O) groups is 2. The minimum Gasteiger partial charge on any atom is -0.343 e. The molecule has 0 fully saturated rings. The molecule has 2 N–H and O–H groups in total. The highest BCUT2D eigenvalue weighted by molar-refractivity contribution is 5.96. The molecule has 4 rings (SSSR count). The molecule has 2 atom stereocenters. The predicted octanol–water partition coefficient (Wildman–Crippen LogP) is 5.35. The van der Waals surface area contributed by atoms with Crippen molar-refractivity contribution < 1.29 is 9.59 Å². The highest BCUT2D eigenvalue weighted by Crippen LogP contribution is 2.30. The van der Waals surface area contributed by atoms with Crippen molar-refractivity contribution in [1.29, 1.82) is 0 Å². The number of benzene rings is 2. The number of amides is 2. The van der Waals surface area contributed by atoms with Crippen LogP contribution in [0.2, 0.25) is 0 Å². The van der Waals surface area contributed by atoms with Crippen LogP contribution in [-0.4, -0.2) is 21.8 Å². The number of hydrogen-bond donors (Lipinski definition) is 2. The van der Waals surface area contributed by atoms with Crippen LogP contribution in [-0.2, 0) is 0 Å². The van der Waals surface area contributed by atoms with Crippen LogP contribution in [0.4, 0.5) is 0 Å². The molecule has 2 aromatic heterocycles. The molecule has 2 unspecified atom stereocenters. The van der Waals surface area contributed by atoms with Gasteiger partial charge in [0.15, 0.2) is 0 Å². The average Bonchev–Trinajstić information content (AvgIpc) is 2.85. The van der Waals surface area contributed by atoms with E-state index in [1.165, 1.54) is 0 Å². The van der Waals surface area contributed by atoms with Gasteiger partial charge in [-0.3, -0.25) is 19.6 Å². The first kappa shape index (κ1) is 24.8. The normalized spacial score (nSPS) is 12.4. The summed E-state index contributed by atoms with van der Waals surface area (Å²) in [5, 5.41) is 6.36. The third-order valence-corrected chi connectivity index (χ3v) is 6.00. The number of hydrogen-bond acceptors (Lipinski definition) is 4. The molecule has 2 aromatic carbocycles. The maximum absolute atomic E-state index is 13.5. The van der Waals surface area contributed by atoms with Crippen molar-refractivity contribution in [3.63, 3.8) is 0 Å². The molecule has 2 heterocycles. The zero-order chi connectivity index (χ0) is 25.7. The highest BCUT2D eigenvalue weighted by Gasteiger charge is 2.29. The number of carbonyl (C=O) groups excluding carboxylic acids is 2. The van der Waals surface area contributed by atoms with E-state index in [-0.39, 0.29) is 11.8 Å². The molecule has 0 aliphatic rings. The van der Waals surface area contributed by atoms with E-state index in [0.717, 1.165) is 33.4 Å². The van der Waals surface area contributed by atoms with Crippen LogP contribution in [0, 0.1) is 27.7 Å². The summed E-state index contributed by atoms with van der Waals surface area (Å²) < 4.78 is 0. The molecule has 4 aromatic rings. The molecule has 0 bridgehead atoms. The molecular weight excluding hydrogens is 448 g/mol. The van der Waals surface area contributed by atoms with Gasteiger partial charge in [0.2, 0.25) is 0 Å². The van der Waals surface area contributed by atoms with Crippen molar-refractivity contribution in [2.24, 2.45) is 0 Å². The highest BCUT2D eigenvalue weighted by atomic mass is 16.2. The Morgan fingerprint density at radius 2 is 0.861 bits per heavy atom. The third kappa shape index (κ3) is 6.02. The first-order valence-electron chi connectivity index (χ1n) is 11.9. The fraction of sp³-hybridized carbons (Fsp3) is 0.200. The van der Waals surface area contributed by atoms with E-state index in [1.807, 2.05) is 88.4 Å². The topological polar surface area (TPSA) is 84.0 Å². The van der Waals surface area contributed by atoms with Gasteiger partial charge in [-0.05, 0) is 87.4 Å². The summed E-state index contributed by atoms with van der Waals surface area (Å²) in [7, 11) is 0. The van der Waals surface area contributed by atoms with Crippen LogP contribution >= 0.6 is 0 Å². The lowest BCUT2D eigenvalue weighted by Gasteiger charge is -2.30. The van der Waals surface area contributed by atoms with Gasteiger partial charge >= 0.3 is 0 Å². The Balaban J connectivity index is 1.75. The molecule has 0 spiro atoms. The second-order valence-corrected chi connectivity index (χ2v) is 9.22. The third-order valence-electron chi connectivity index (χ3n) is 6.00. The van der Waals surface area contributed by atoms with Crippen LogP contribution in [0.1, 0.15) is 66.2 Å². The molecular formula is C30H30N4O2. The minimum absolute atomic E-state index is 0.219. The molecule has 0 aliphatic heterocycles. The van der Waals surface area contributed by atoms with Crippen LogP contribution in [0.15, 0.2) is 85.5 Å². The summed E-state index contributed by atoms with van der Waals surface area (Å²) in [5.74, 6) is -0.438. The van der Waals surface area contributed by atoms with E-state index in [1.54, 1.807) is 24.8 Å². The average molecular weight is 479 g/mol. The van der Waals surface area contributed by atoms with Crippen molar-refractivity contribution in [1.82, 2.24) is 20.6 Å². The summed E-state index contributed by atoms with van der Waals surface area (Å²) in [6.07, 6.45) is 6.72. The molecule has 0 saturated heterocycles. The lowest BCUT2D eigenvalue weighted by molar-refractivity contribution is 0.0881. The number of aryl methyl sites for hydroxylation is 4. The fourth-order valence-electron chi connectivity index (χ4n) is 4.52. The molecule has 6 nitrogen and oxygen atoms in total. The summed E-state index contributed by atoms with van der Waals surface area (Å²) in [4.78, 5) is 35.2. The van der Waals surface area contributed by atoms with Gasteiger partial charge in [0.1, 0.15) is 0 Å². The Hall–Kier alpha value is -4.32. The number of pyridine rings is 2.